The number of anilines is 1. The maximum absolute atomic E-state index is 13.5. The summed E-state index contributed by atoms with van der Waals surface area (Å²) in [5.41, 5.74) is 2.29. The SMILES string of the molecule is CCN(CC)Cc1nc2sc(C)c(C)c2c(=O)n1C(C)C(=O)Nc1ccc(C)c(Cl)c1. The fraction of sp³-hybridized carbons (Fsp3) is 0.435. The average Bonchev–Trinajstić information content (AvgIpc) is 3.02. The molecule has 0 radical (unpaired) electrons. The van der Waals surface area contributed by atoms with Crippen LogP contribution in [0.15, 0.2) is 23.0 Å². The first-order chi connectivity index (χ1) is 14.7. The van der Waals surface area contributed by atoms with E-state index in [0.29, 0.717) is 28.5 Å². The highest BCUT2D eigenvalue weighted by molar-refractivity contribution is 7.18. The second-order valence-electron chi connectivity index (χ2n) is 7.76. The van der Waals surface area contributed by atoms with Gasteiger partial charge in [0.15, 0.2) is 0 Å². The molecule has 3 aromatic rings. The minimum Gasteiger partial charge on any atom is -0.324 e. The molecule has 166 valence electrons. The van der Waals surface area contributed by atoms with E-state index < -0.39 is 6.04 Å². The summed E-state index contributed by atoms with van der Waals surface area (Å²) in [6, 6.07) is 4.65. The summed E-state index contributed by atoms with van der Waals surface area (Å²) < 4.78 is 1.55. The monoisotopic (exact) mass is 460 g/mol. The van der Waals surface area contributed by atoms with Crippen molar-refractivity contribution in [2.24, 2.45) is 0 Å². The molecule has 3 rings (SSSR count). The van der Waals surface area contributed by atoms with Gasteiger partial charge in [-0.05, 0) is 64.0 Å². The fourth-order valence-corrected chi connectivity index (χ4v) is 4.76. The number of hydrogen-bond acceptors (Lipinski definition) is 5. The van der Waals surface area contributed by atoms with E-state index in [0.717, 1.165) is 33.9 Å². The van der Waals surface area contributed by atoms with Crippen LogP contribution in [0, 0.1) is 20.8 Å². The highest BCUT2D eigenvalue weighted by Crippen LogP contribution is 2.28. The molecule has 1 aromatic carbocycles. The van der Waals surface area contributed by atoms with Crippen molar-refractivity contribution in [2.45, 2.75) is 54.1 Å². The molecule has 1 unspecified atom stereocenters. The van der Waals surface area contributed by atoms with Crippen molar-refractivity contribution in [3.63, 3.8) is 0 Å². The Hall–Kier alpha value is -2.22. The Labute approximate surface area is 191 Å². The fourth-order valence-electron chi connectivity index (χ4n) is 3.54. The van der Waals surface area contributed by atoms with E-state index in [1.54, 1.807) is 23.6 Å². The molecule has 0 saturated heterocycles. The maximum Gasteiger partial charge on any atom is 0.263 e. The highest BCUT2D eigenvalue weighted by Gasteiger charge is 2.24. The molecule has 0 aliphatic rings. The molecule has 2 heterocycles. The third-order valence-electron chi connectivity index (χ3n) is 5.77. The lowest BCUT2D eigenvalue weighted by molar-refractivity contribution is -0.119. The Bertz CT molecular complexity index is 1180. The molecule has 0 fully saturated rings. The van der Waals surface area contributed by atoms with Gasteiger partial charge in [-0.1, -0.05) is 31.5 Å². The summed E-state index contributed by atoms with van der Waals surface area (Å²) in [7, 11) is 0. The van der Waals surface area contributed by atoms with Gasteiger partial charge in [-0.15, -0.1) is 11.3 Å². The van der Waals surface area contributed by atoms with Crippen molar-refractivity contribution in [3.8, 4) is 0 Å². The van der Waals surface area contributed by atoms with Gasteiger partial charge in [0.1, 0.15) is 16.7 Å². The van der Waals surface area contributed by atoms with Crippen LogP contribution in [0.5, 0.6) is 0 Å². The molecule has 1 atom stereocenters. The number of thiophene rings is 1. The number of aryl methyl sites for hydroxylation is 3. The minimum atomic E-state index is -0.727. The average molecular weight is 461 g/mol. The van der Waals surface area contributed by atoms with Crippen LogP contribution in [-0.2, 0) is 11.3 Å². The van der Waals surface area contributed by atoms with Crippen LogP contribution < -0.4 is 10.9 Å². The first-order valence-corrected chi connectivity index (χ1v) is 11.7. The Morgan fingerprint density at radius 2 is 1.94 bits per heavy atom. The van der Waals surface area contributed by atoms with Crippen molar-refractivity contribution >= 4 is 44.7 Å². The molecule has 0 saturated carbocycles. The number of carbonyl (C=O) groups excluding carboxylic acids is 1. The largest absolute Gasteiger partial charge is 0.324 e. The van der Waals surface area contributed by atoms with Gasteiger partial charge in [-0.25, -0.2) is 4.98 Å². The number of hydrogen-bond donors (Lipinski definition) is 1. The number of nitrogens with one attached hydrogen (secondary N) is 1. The first-order valence-electron chi connectivity index (χ1n) is 10.5. The summed E-state index contributed by atoms with van der Waals surface area (Å²) in [4.78, 5) is 35.5. The van der Waals surface area contributed by atoms with Crippen molar-refractivity contribution in [1.82, 2.24) is 14.5 Å². The summed E-state index contributed by atoms with van der Waals surface area (Å²) in [6.45, 7) is 13.9. The van der Waals surface area contributed by atoms with E-state index in [4.69, 9.17) is 16.6 Å². The molecule has 2 aromatic heterocycles. The molecular formula is C23H29ClN4O2S. The van der Waals surface area contributed by atoms with Gasteiger partial charge in [0, 0.05) is 15.6 Å². The highest BCUT2D eigenvalue weighted by atomic mass is 35.5. The van der Waals surface area contributed by atoms with Gasteiger partial charge in [0.05, 0.1) is 11.9 Å². The van der Waals surface area contributed by atoms with Gasteiger partial charge >= 0.3 is 0 Å². The van der Waals surface area contributed by atoms with Crippen molar-refractivity contribution in [2.75, 3.05) is 18.4 Å². The zero-order valence-corrected chi connectivity index (χ0v) is 20.4. The second-order valence-corrected chi connectivity index (χ2v) is 9.37. The van der Waals surface area contributed by atoms with E-state index in [9.17, 15) is 9.59 Å². The first kappa shape index (κ1) is 23.4. The summed E-state index contributed by atoms with van der Waals surface area (Å²) in [5, 5.41) is 4.07. The smallest absolute Gasteiger partial charge is 0.263 e. The van der Waals surface area contributed by atoms with E-state index >= 15 is 0 Å². The van der Waals surface area contributed by atoms with Crippen LogP contribution in [0.3, 0.4) is 0 Å². The number of nitrogens with zero attached hydrogens (tertiary/aromatic N) is 3. The van der Waals surface area contributed by atoms with Crippen molar-refractivity contribution < 1.29 is 4.79 Å². The number of halogens is 1. The predicted molar refractivity (Wildman–Crippen MR) is 130 cm³/mol. The summed E-state index contributed by atoms with van der Waals surface area (Å²) in [5.74, 6) is 0.320. The second kappa shape index (κ2) is 9.51. The third kappa shape index (κ3) is 4.68. The standard InChI is InChI=1S/C23H29ClN4O2S/c1-7-27(8-2)12-19-26-22-20(14(4)16(6)31-22)23(30)28(19)15(5)21(29)25-17-10-9-13(3)18(24)11-17/h9-11,15H,7-8,12H2,1-6H3,(H,25,29). The van der Waals surface area contributed by atoms with E-state index in [2.05, 4.69) is 24.1 Å². The van der Waals surface area contributed by atoms with Gasteiger partial charge in [0.2, 0.25) is 5.91 Å². The van der Waals surface area contributed by atoms with Crippen molar-refractivity contribution in [3.05, 3.63) is 55.4 Å². The minimum absolute atomic E-state index is 0.168. The number of benzene rings is 1. The molecule has 1 amide bonds. The van der Waals surface area contributed by atoms with E-state index in [1.807, 2.05) is 26.8 Å². The quantitative estimate of drug-likeness (QED) is 0.534. The molecular weight excluding hydrogens is 432 g/mol. The molecule has 31 heavy (non-hydrogen) atoms. The number of amides is 1. The van der Waals surface area contributed by atoms with Gasteiger partial charge < -0.3 is 5.32 Å². The van der Waals surface area contributed by atoms with Crippen molar-refractivity contribution in [1.29, 1.82) is 0 Å². The van der Waals surface area contributed by atoms with Crippen LogP contribution in [0.4, 0.5) is 5.69 Å². The summed E-state index contributed by atoms with van der Waals surface area (Å²) >= 11 is 7.72. The van der Waals surface area contributed by atoms with E-state index in [-0.39, 0.29) is 11.5 Å². The Morgan fingerprint density at radius 1 is 1.26 bits per heavy atom. The molecule has 8 heteroatoms. The summed E-state index contributed by atoms with van der Waals surface area (Å²) in [6.07, 6.45) is 0. The van der Waals surface area contributed by atoms with Gasteiger partial charge in [-0.2, -0.15) is 0 Å². The lowest BCUT2D eigenvalue weighted by atomic mass is 10.2. The van der Waals surface area contributed by atoms with Crippen LogP contribution >= 0.6 is 22.9 Å². The molecule has 6 nitrogen and oxygen atoms in total. The van der Waals surface area contributed by atoms with Gasteiger partial charge in [0.25, 0.3) is 5.56 Å². The lowest BCUT2D eigenvalue weighted by Gasteiger charge is -2.23. The van der Waals surface area contributed by atoms with Crippen LogP contribution in [-0.4, -0.2) is 33.4 Å². The number of fused-ring (bicyclic) bond motifs is 1. The Balaban J connectivity index is 2.07. The number of carbonyl (C=O) groups is 1. The Kier molecular flexibility index (Phi) is 7.19. The normalized spacial score (nSPS) is 12.5. The molecule has 0 spiro atoms. The molecule has 0 aliphatic carbocycles. The molecule has 0 aliphatic heterocycles. The number of rotatable bonds is 7. The number of aromatic nitrogens is 2. The topological polar surface area (TPSA) is 67.2 Å². The zero-order chi connectivity index (χ0) is 22.9. The predicted octanol–water partition coefficient (Wildman–Crippen LogP) is 5.08. The van der Waals surface area contributed by atoms with Crippen LogP contribution in [0.2, 0.25) is 5.02 Å². The van der Waals surface area contributed by atoms with Crippen LogP contribution in [0.1, 0.15) is 48.6 Å². The van der Waals surface area contributed by atoms with Gasteiger partial charge in [-0.3, -0.25) is 19.1 Å². The maximum atomic E-state index is 13.5. The molecule has 0 bridgehead atoms. The zero-order valence-electron chi connectivity index (χ0n) is 18.9. The van der Waals surface area contributed by atoms with E-state index in [1.165, 1.54) is 11.3 Å². The lowest BCUT2D eigenvalue weighted by Crippen LogP contribution is -2.37. The van der Waals surface area contributed by atoms with Crippen LogP contribution in [0.25, 0.3) is 10.2 Å². The third-order valence-corrected chi connectivity index (χ3v) is 7.28. The Morgan fingerprint density at radius 3 is 2.55 bits per heavy atom. The molecule has 1 N–H and O–H groups in total.